The van der Waals surface area contributed by atoms with Crippen molar-refractivity contribution in [2.45, 2.75) is 58.1 Å². The summed E-state index contributed by atoms with van der Waals surface area (Å²) >= 11 is 1.53. The van der Waals surface area contributed by atoms with E-state index >= 15 is 0 Å². The highest BCUT2D eigenvalue weighted by Crippen LogP contribution is 2.40. The average Bonchev–Trinajstić information content (AvgIpc) is 2.37. The lowest BCUT2D eigenvalue weighted by molar-refractivity contribution is -0.137. The molecule has 1 N–H and O–H groups in total. The lowest BCUT2D eigenvalue weighted by atomic mass is 9.78. The molecule has 0 fully saturated rings. The number of methoxy groups -OCH3 is 1. The van der Waals surface area contributed by atoms with Crippen molar-refractivity contribution in [2.75, 3.05) is 12.9 Å². The van der Waals surface area contributed by atoms with Gasteiger partial charge in [0.15, 0.2) is 0 Å². The second kappa shape index (κ2) is 6.95. The van der Waals surface area contributed by atoms with Crippen LogP contribution in [-0.4, -0.2) is 23.9 Å². The van der Waals surface area contributed by atoms with Crippen molar-refractivity contribution < 1.29 is 14.6 Å². The van der Waals surface area contributed by atoms with Crippen LogP contribution in [0.1, 0.15) is 58.2 Å². The van der Waals surface area contributed by atoms with Gasteiger partial charge in [0.25, 0.3) is 0 Å². The van der Waals surface area contributed by atoms with Gasteiger partial charge in [-0.1, -0.05) is 53.7 Å². The first-order valence-corrected chi connectivity index (χ1v) is 8.63. The van der Waals surface area contributed by atoms with E-state index < -0.39 is 0 Å². The number of aromatic hydroxyl groups is 1. The normalized spacial score (nSPS) is 12.3. The summed E-state index contributed by atoms with van der Waals surface area (Å²) in [5.74, 6) is 1.24. The first kappa shape index (κ1) is 18.9. The van der Waals surface area contributed by atoms with Crippen molar-refractivity contribution in [1.29, 1.82) is 0 Å². The van der Waals surface area contributed by atoms with E-state index in [1.54, 1.807) is 0 Å². The summed E-state index contributed by atoms with van der Waals surface area (Å²) in [6.07, 6.45) is 0. The van der Waals surface area contributed by atoms with Crippen LogP contribution in [0.4, 0.5) is 0 Å². The number of carbonyl (C=O) groups excluding carboxylic acids is 1. The molecule has 0 aliphatic heterocycles. The number of hydrogen-bond acceptors (Lipinski definition) is 4. The summed E-state index contributed by atoms with van der Waals surface area (Å²) in [5.41, 5.74) is 2.77. The number of rotatable bonds is 4. The molecular formula is C18H28O3S. The number of hydrogen-bond donors (Lipinski definition) is 1. The molecule has 1 rings (SSSR count). The van der Waals surface area contributed by atoms with Crippen molar-refractivity contribution in [1.82, 2.24) is 0 Å². The van der Waals surface area contributed by atoms with E-state index in [1.807, 2.05) is 0 Å². The van der Waals surface area contributed by atoms with E-state index in [4.69, 9.17) is 0 Å². The molecule has 22 heavy (non-hydrogen) atoms. The van der Waals surface area contributed by atoms with Crippen molar-refractivity contribution in [2.24, 2.45) is 0 Å². The van der Waals surface area contributed by atoms with E-state index in [9.17, 15) is 9.90 Å². The summed E-state index contributed by atoms with van der Waals surface area (Å²) in [6, 6.07) is 4.10. The Labute approximate surface area is 138 Å². The Morgan fingerprint density at radius 2 is 1.55 bits per heavy atom. The van der Waals surface area contributed by atoms with Crippen LogP contribution < -0.4 is 0 Å². The lowest BCUT2D eigenvalue weighted by Gasteiger charge is -2.28. The molecule has 0 saturated heterocycles. The molecule has 3 nitrogen and oxygen atoms in total. The third-order valence-electron chi connectivity index (χ3n) is 3.50. The van der Waals surface area contributed by atoms with Crippen LogP contribution in [0.5, 0.6) is 5.75 Å². The highest BCUT2D eigenvalue weighted by molar-refractivity contribution is 7.99. The number of carbonyl (C=O) groups is 1. The van der Waals surface area contributed by atoms with Crippen molar-refractivity contribution >= 4 is 17.7 Å². The quantitative estimate of drug-likeness (QED) is 0.834. The maximum Gasteiger partial charge on any atom is 0.315 e. The molecule has 0 amide bonds. The Kier molecular flexibility index (Phi) is 5.96. The Morgan fingerprint density at radius 3 is 1.91 bits per heavy atom. The summed E-state index contributed by atoms with van der Waals surface area (Å²) in [5, 5.41) is 10.7. The van der Waals surface area contributed by atoms with Crippen LogP contribution in [0.2, 0.25) is 0 Å². The van der Waals surface area contributed by atoms with Crippen LogP contribution >= 0.6 is 11.8 Å². The third kappa shape index (κ3) is 4.94. The van der Waals surface area contributed by atoms with Gasteiger partial charge in [-0.15, -0.1) is 11.8 Å². The molecule has 0 unspecified atom stereocenters. The number of phenolic OH excluding ortho intramolecular Hbond substituents is 1. The second-order valence-corrected chi connectivity index (χ2v) is 8.59. The van der Waals surface area contributed by atoms with Gasteiger partial charge in [-0.2, -0.15) is 0 Å². The van der Waals surface area contributed by atoms with Crippen molar-refractivity contribution in [3.8, 4) is 5.75 Å². The number of thioether (sulfide) groups is 1. The molecule has 0 spiro atoms. The molecule has 1 aromatic rings. The van der Waals surface area contributed by atoms with Crippen LogP contribution in [0.25, 0.3) is 0 Å². The highest BCUT2D eigenvalue weighted by Gasteiger charge is 2.26. The minimum absolute atomic E-state index is 0.132. The molecule has 0 aromatic heterocycles. The molecule has 0 bridgehead atoms. The van der Waals surface area contributed by atoms with Crippen LogP contribution in [-0.2, 0) is 26.1 Å². The Bertz CT molecular complexity index is 501. The third-order valence-corrected chi connectivity index (χ3v) is 4.48. The zero-order valence-corrected chi connectivity index (χ0v) is 15.6. The number of esters is 1. The molecular weight excluding hydrogens is 296 g/mol. The van der Waals surface area contributed by atoms with Crippen LogP contribution in [0, 0.1) is 0 Å². The molecule has 0 aliphatic rings. The summed E-state index contributed by atoms with van der Waals surface area (Å²) in [6.45, 7) is 12.6. The largest absolute Gasteiger partial charge is 0.507 e. The maximum atomic E-state index is 11.2. The fourth-order valence-corrected chi connectivity index (χ4v) is 3.02. The fourth-order valence-electron chi connectivity index (χ4n) is 2.23. The van der Waals surface area contributed by atoms with Gasteiger partial charge in [0.1, 0.15) is 5.75 Å². The highest BCUT2D eigenvalue weighted by atomic mass is 32.2. The van der Waals surface area contributed by atoms with Gasteiger partial charge in [0, 0.05) is 5.75 Å². The SMILES string of the molecule is COC(=O)CSCc1cc(C(C)(C)C)c(O)c(C(C)(C)C)c1. The molecule has 1 aromatic carbocycles. The van der Waals surface area contributed by atoms with Gasteiger partial charge in [0.2, 0.25) is 0 Å². The van der Waals surface area contributed by atoms with Gasteiger partial charge < -0.3 is 9.84 Å². The van der Waals surface area contributed by atoms with E-state index in [-0.39, 0.29) is 16.8 Å². The van der Waals surface area contributed by atoms with Gasteiger partial charge in [0.05, 0.1) is 12.9 Å². The fraction of sp³-hybridized carbons (Fsp3) is 0.611. The van der Waals surface area contributed by atoms with E-state index in [1.165, 1.54) is 18.9 Å². The topological polar surface area (TPSA) is 46.5 Å². The minimum atomic E-state index is -0.212. The molecule has 0 heterocycles. The number of ether oxygens (including phenoxy) is 1. The second-order valence-electron chi connectivity index (χ2n) is 7.61. The molecule has 4 heteroatoms. The zero-order chi connectivity index (χ0) is 17.1. The maximum absolute atomic E-state index is 11.2. The molecule has 124 valence electrons. The smallest absolute Gasteiger partial charge is 0.315 e. The van der Waals surface area contributed by atoms with Crippen LogP contribution in [0.15, 0.2) is 12.1 Å². The minimum Gasteiger partial charge on any atom is -0.507 e. The lowest BCUT2D eigenvalue weighted by Crippen LogP contribution is -2.17. The number of phenols is 1. The Morgan fingerprint density at radius 1 is 1.09 bits per heavy atom. The van der Waals surface area contributed by atoms with Gasteiger partial charge >= 0.3 is 5.97 Å². The van der Waals surface area contributed by atoms with Crippen LogP contribution in [0.3, 0.4) is 0 Å². The first-order valence-electron chi connectivity index (χ1n) is 7.48. The van der Waals surface area contributed by atoms with Gasteiger partial charge in [-0.05, 0) is 27.5 Å². The summed E-state index contributed by atoms with van der Waals surface area (Å²) in [4.78, 5) is 11.2. The van der Waals surface area contributed by atoms with Crippen molar-refractivity contribution in [3.63, 3.8) is 0 Å². The molecule has 0 radical (unpaired) electrons. The van der Waals surface area contributed by atoms with E-state index in [0.717, 1.165) is 22.4 Å². The van der Waals surface area contributed by atoms with Crippen molar-refractivity contribution in [3.05, 3.63) is 28.8 Å². The Balaban J connectivity index is 3.16. The van der Waals surface area contributed by atoms with E-state index in [2.05, 4.69) is 58.4 Å². The monoisotopic (exact) mass is 324 g/mol. The predicted octanol–water partition coefficient (Wildman–Crippen LogP) is 4.39. The molecule has 0 atom stereocenters. The molecule has 0 saturated carbocycles. The van der Waals surface area contributed by atoms with Gasteiger partial charge in [-0.25, -0.2) is 0 Å². The standard InChI is InChI=1S/C18H28O3S/c1-17(2,3)13-8-12(10-22-11-15(19)21-7)9-14(16(13)20)18(4,5)6/h8-9,20H,10-11H2,1-7H3. The Hall–Kier alpha value is -1.16. The number of benzene rings is 1. The summed E-state index contributed by atoms with van der Waals surface area (Å²) in [7, 11) is 1.40. The van der Waals surface area contributed by atoms with Gasteiger partial charge in [-0.3, -0.25) is 4.79 Å². The predicted molar refractivity (Wildman–Crippen MR) is 93.7 cm³/mol. The first-order chi connectivity index (χ1) is 9.96. The summed E-state index contributed by atoms with van der Waals surface area (Å²) < 4.78 is 4.66. The zero-order valence-electron chi connectivity index (χ0n) is 14.7. The molecule has 0 aliphatic carbocycles. The average molecular weight is 324 g/mol. The van der Waals surface area contributed by atoms with E-state index in [0.29, 0.717) is 11.5 Å².